The maximum Gasteiger partial charge on any atom is 0.145 e. The number of ketones is 1. The Morgan fingerprint density at radius 1 is 1.30 bits per heavy atom. The van der Waals surface area contributed by atoms with E-state index in [4.69, 9.17) is 21.1 Å². The third-order valence-electron chi connectivity index (χ3n) is 6.42. The topological polar surface area (TPSA) is 72.5 Å². The van der Waals surface area contributed by atoms with E-state index >= 15 is 0 Å². The lowest BCUT2D eigenvalue weighted by Gasteiger charge is -2.35. The maximum atomic E-state index is 12.8. The van der Waals surface area contributed by atoms with Crippen LogP contribution in [0, 0.1) is 11.8 Å². The average Bonchev–Trinajstić information content (AvgIpc) is 3.08. The molecular formula is C26H34ClN3O3. The molecule has 2 aromatic rings. The maximum absolute atomic E-state index is 12.8. The second-order valence-electron chi connectivity index (χ2n) is 9.70. The Morgan fingerprint density at radius 2 is 2.18 bits per heavy atom. The van der Waals surface area contributed by atoms with Crippen LogP contribution in [0.4, 0.5) is 5.69 Å². The summed E-state index contributed by atoms with van der Waals surface area (Å²) in [6.07, 6.45) is 4.04. The number of ether oxygens (including phenoxy) is 2. The highest BCUT2D eigenvalue weighted by atomic mass is 35.5. The molecule has 2 fully saturated rings. The highest BCUT2D eigenvalue weighted by Crippen LogP contribution is 2.31. The molecule has 2 saturated heterocycles. The summed E-state index contributed by atoms with van der Waals surface area (Å²) in [7, 11) is 0. The molecular weight excluding hydrogens is 438 g/mol. The van der Waals surface area contributed by atoms with E-state index in [0.29, 0.717) is 30.7 Å². The molecule has 0 aliphatic carbocycles. The molecule has 0 radical (unpaired) electrons. The predicted octanol–water partition coefficient (Wildman–Crippen LogP) is 4.37. The summed E-state index contributed by atoms with van der Waals surface area (Å²) < 4.78 is 11.4. The number of nitrogens with one attached hydrogen (secondary N) is 2. The van der Waals surface area contributed by atoms with Gasteiger partial charge in [-0.3, -0.25) is 9.78 Å². The van der Waals surface area contributed by atoms with Gasteiger partial charge in [0.05, 0.1) is 29.8 Å². The molecule has 7 heteroatoms. The largest absolute Gasteiger partial charge is 0.385 e. The number of hydrogen-bond donors (Lipinski definition) is 2. The van der Waals surface area contributed by atoms with Gasteiger partial charge >= 0.3 is 0 Å². The summed E-state index contributed by atoms with van der Waals surface area (Å²) in [6.45, 7) is 8.59. The molecule has 3 heterocycles. The van der Waals surface area contributed by atoms with Gasteiger partial charge in [-0.05, 0) is 56.4 Å². The molecule has 6 nitrogen and oxygen atoms in total. The summed E-state index contributed by atoms with van der Waals surface area (Å²) in [5.74, 6) is 0.582. The van der Waals surface area contributed by atoms with Crippen LogP contribution < -0.4 is 10.6 Å². The zero-order valence-corrected chi connectivity index (χ0v) is 20.3. The number of aromatic nitrogens is 1. The molecule has 0 spiro atoms. The predicted molar refractivity (Wildman–Crippen MR) is 132 cm³/mol. The first-order valence-corrected chi connectivity index (χ1v) is 12.2. The summed E-state index contributed by atoms with van der Waals surface area (Å²) in [5, 5.41) is 7.42. The molecule has 4 rings (SSSR count). The van der Waals surface area contributed by atoms with Crippen molar-refractivity contribution in [1.29, 1.82) is 0 Å². The summed E-state index contributed by atoms with van der Waals surface area (Å²) in [6, 6.07) is 10.2. The van der Waals surface area contributed by atoms with Gasteiger partial charge in [0, 0.05) is 55.8 Å². The number of rotatable bonds is 7. The quantitative estimate of drug-likeness (QED) is 0.624. The Kier molecular flexibility index (Phi) is 8.02. The third-order valence-corrected chi connectivity index (χ3v) is 6.72. The lowest BCUT2D eigenvalue weighted by molar-refractivity contribution is -0.123. The van der Waals surface area contributed by atoms with Crippen molar-refractivity contribution in [3.05, 3.63) is 47.2 Å². The minimum absolute atomic E-state index is 0.0518. The monoisotopic (exact) mass is 471 g/mol. The number of pyridine rings is 1. The van der Waals surface area contributed by atoms with Crippen molar-refractivity contribution in [3.63, 3.8) is 0 Å². The van der Waals surface area contributed by atoms with Crippen molar-refractivity contribution < 1.29 is 14.3 Å². The van der Waals surface area contributed by atoms with Crippen LogP contribution in [0.5, 0.6) is 0 Å². The van der Waals surface area contributed by atoms with E-state index in [1.807, 2.05) is 18.2 Å². The van der Waals surface area contributed by atoms with Crippen molar-refractivity contribution in [2.75, 3.05) is 44.8 Å². The van der Waals surface area contributed by atoms with Crippen molar-refractivity contribution in [1.82, 2.24) is 10.3 Å². The first-order chi connectivity index (χ1) is 15.9. The second kappa shape index (κ2) is 11.0. The van der Waals surface area contributed by atoms with E-state index < -0.39 is 0 Å². The molecule has 178 valence electrons. The number of nitrogens with zero attached hydrogens (tertiary/aromatic N) is 1. The molecule has 33 heavy (non-hydrogen) atoms. The summed E-state index contributed by atoms with van der Waals surface area (Å²) >= 11 is 6.51. The first kappa shape index (κ1) is 24.1. The number of benzene rings is 1. The molecule has 0 bridgehead atoms. The van der Waals surface area contributed by atoms with Crippen LogP contribution in [0.1, 0.15) is 32.4 Å². The number of carbonyl (C=O) groups is 1. The molecule has 1 unspecified atom stereocenters. The Labute approximate surface area is 201 Å². The molecule has 2 N–H and O–H groups in total. The van der Waals surface area contributed by atoms with Crippen LogP contribution in [0.25, 0.3) is 11.1 Å². The van der Waals surface area contributed by atoms with Crippen LogP contribution >= 0.6 is 11.6 Å². The molecule has 1 aromatic heterocycles. The molecule has 0 amide bonds. The van der Waals surface area contributed by atoms with Crippen molar-refractivity contribution in [3.8, 4) is 11.1 Å². The lowest BCUT2D eigenvalue weighted by Crippen LogP contribution is -2.36. The van der Waals surface area contributed by atoms with E-state index in [1.165, 1.54) is 0 Å². The number of hydrogen-bond acceptors (Lipinski definition) is 6. The van der Waals surface area contributed by atoms with E-state index in [0.717, 1.165) is 55.0 Å². The van der Waals surface area contributed by atoms with Crippen molar-refractivity contribution >= 4 is 23.1 Å². The Bertz CT molecular complexity index is 958. The Hall–Kier alpha value is -1.99. The molecule has 2 aliphatic heterocycles. The fourth-order valence-electron chi connectivity index (χ4n) is 4.63. The van der Waals surface area contributed by atoms with Gasteiger partial charge in [-0.25, -0.2) is 0 Å². The van der Waals surface area contributed by atoms with Crippen LogP contribution in [-0.2, 0) is 20.7 Å². The SMILES string of the molecule is CC1(C)CC(CNc2cccc(-c3cc(CC(=O)[C@H]4CNCCOC4)ncc3Cl)c2)CCO1. The average molecular weight is 472 g/mol. The van der Waals surface area contributed by atoms with E-state index in [2.05, 4.69) is 41.6 Å². The minimum atomic E-state index is -0.142. The van der Waals surface area contributed by atoms with E-state index in [-0.39, 0.29) is 23.7 Å². The smallest absolute Gasteiger partial charge is 0.145 e. The van der Waals surface area contributed by atoms with Crippen molar-refractivity contribution in [2.24, 2.45) is 11.8 Å². The van der Waals surface area contributed by atoms with Gasteiger partial charge < -0.3 is 20.1 Å². The van der Waals surface area contributed by atoms with Gasteiger partial charge in [-0.1, -0.05) is 23.7 Å². The Morgan fingerprint density at radius 3 is 3.03 bits per heavy atom. The fourth-order valence-corrected chi connectivity index (χ4v) is 4.84. The van der Waals surface area contributed by atoms with Gasteiger partial charge in [0.15, 0.2) is 0 Å². The van der Waals surface area contributed by atoms with Crippen LogP contribution in [0.3, 0.4) is 0 Å². The standard InChI is InChI=1S/C26H34ClN3O3/c1-26(2)13-18(6-8-33-26)14-29-21-5-3-4-19(10-21)23-11-22(30-16-24(23)27)12-25(31)20-15-28-7-9-32-17-20/h3-5,10-11,16,18,20,28-29H,6-9,12-15,17H2,1-2H3/t18?,20-/m0/s1. The van der Waals surface area contributed by atoms with Crippen LogP contribution in [0.15, 0.2) is 36.5 Å². The lowest BCUT2D eigenvalue weighted by atomic mass is 9.88. The van der Waals surface area contributed by atoms with Gasteiger partial charge in [-0.2, -0.15) is 0 Å². The van der Waals surface area contributed by atoms with Crippen LogP contribution in [0.2, 0.25) is 5.02 Å². The van der Waals surface area contributed by atoms with Gasteiger partial charge in [0.1, 0.15) is 5.78 Å². The zero-order valence-electron chi connectivity index (χ0n) is 19.5. The number of Topliss-reactive ketones (excluding diaryl/α,β-unsaturated/α-hetero) is 1. The van der Waals surface area contributed by atoms with Gasteiger partial charge in [0.2, 0.25) is 0 Å². The summed E-state index contributed by atoms with van der Waals surface area (Å²) in [5.41, 5.74) is 3.63. The van der Waals surface area contributed by atoms with Crippen molar-refractivity contribution in [2.45, 2.75) is 38.7 Å². The number of anilines is 1. The normalized spacial score (nSPS) is 23.0. The minimum Gasteiger partial charge on any atom is -0.385 e. The fraction of sp³-hybridized carbons (Fsp3) is 0.538. The van der Waals surface area contributed by atoms with Gasteiger partial charge in [-0.15, -0.1) is 0 Å². The summed E-state index contributed by atoms with van der Waals surface area (Å²) in [4.78, 5) is 17.2. The van der Waals surface area contributed by atoms with Gasteiger partial charge in [0.25, 0.3) is 0 Å². The third kappa shape index (κ3) is 6.76. The van der Waals surface area contributed by atoms with Crippen LogP contribution in [-0.4, -0.2) is 55.8 Å². The van der Waals surface area contributed by atoms with E-state index in [1.54, 1.807) is 6.20 Å². The molecule has 1 aromatic carbocycles. The number of carbonyl (C=O) groups excluding carboxylic acids is 1. The molecule has 0 saturated carbocycles. The van der Waals surface area contributed by atoms with E-state index in [9.17, 15) is 4.79 Å². The highest BCUT2D eigenvalue weighted by Gasteiger charge is 2.28. The highest BCUT2D eigenvalue weighted by molar-refractivity contribution is 6.33. The molecule has 2 aliphatic rings. The zero-order chi connectivity index (χ0) is 23.3. The Balaban J connectivity index is 1.43. The first-order valence-electron chi connectivity index (χ1n) is 11.8. The molecule has 2 atom stereocenters. The second-order valence-corrected chi connectivity index (χ2v) is 10.1. The number of halogens is 1.